The Morgan fingerprint density at radius 3 is 2.81 bits per heavy atom. The highest BCUT2D eigenvalue weighted by Gasteiger charge is 2.10. The van der Waals surface area contributed by atoms with Crippen LogP contribution in [0.4, 0.5) is 15.8 Å². The molecule has 0 saturated carbocycles. The maximum Gasteiger partial charge on any atom is 0.141 e. The van der Waals surface area contributed by atoms with Crippen molar-refractivity contribution >= 4 is 33.9 Å². The van der Waals surface area contributed by atoms with Crippen molar-refractivity contribution in [3.8, 4) is 17.3 Å². The Labute approximate surface area is 158 Å². The largest absolute Gasteiger partial charge is 0.354 e. The molecule has 0 unspecified atom stereocenters. The van der Waals surface area contributed by atoms with Crippen molar-refractivity contribution in [2.45, 2.75) is 0 Å². The SMILES string of the molecule is N#Cc1cc2c(Nc3cnnc(-c4cc(Cl)ccc4F)c3)ccnc2cn1. The van der Waals surface area contributed by atoms with Crippen molar-refractivity contribution in [3.05, 3.63) is 71.5 Å². The van der Waals surface area contributed by atoms with Gasteiger partial charge in [0, 0.05) is 27.9 Å². The fourth-order valence-corrected chi connectivity index (χ4v) is 2.81. The van der Waals surface area contributed by atoms with E-state index in [4.69, 9.17) is 16.9 Å². The van der Waals surface area contributed by atoms with Gasteiger partial charge in [-0.2, -0.15) is 15.5 Å². The van der Waals surface area contributed by atoms with Gasteiger partial charge in [0.15, 0.2) is 0 Å². The first-order valence-corrected chi connectivity index (χ1v) is 8.22. The summed E-state index contributed by atoms with van der Waals surface area (Å²) in [6, 6.07) is 11.3. The van der Waals surface area contributed by atoms with Gasteiger partial charge in [-0.05, 0) is 36.4 Å². The maximum atomic E-state index is 14.1. The van der Waals surface area contributed by atoms with Gasteiger partial charge in [0.1, 0.15) is 17.6 Å². The van der Waals surface area contributed by atoms with Gasteiger partial charge < -0.3 is 5.32 Å². The van der Waals surface area contributed by atoms with Crippen LogP contribution in [0, 0.1) is 17.1 Å². The van der Waals surface area contributed by atoms with Crippen molar-refractivity contribution in [2.75, 3.05) is 5.32 Å². The number of anilines is 2. The van der Waals surface area contributed by atoms with E-state index in [9.17, 15) is 4.39 Å². The molecule has 3 aromatic heterocycles. The predicted molar refractivity (Wildman–Crippen MR) is 100.0 cm³/mol. The molecule has 0 bridgehead atoms. The molecule has 6 nitrogen and oxygen atoms in total. The monoisotopic (exact) mass is 376 g/mol. The molecule has 130 valence electrons. The van der Waals surface area contributed by atoms with Crippen LogP contribution in [0.5, 0.6) is 0 Å². The summed E-state index contributed by atoms with van der Waals surface area (Å²) in [5.74, 6) is -0.440. The van der Waals surface area contributed by atoms with Crippen LogP contribution in [0.3, 0.4) is 0 Å². The van der Waals surface area contributed by atoms with Gasteiger partial charge >= 0.3 is 0 Å². The van der Waals surface area contributed by atoms with Crippen molar-refractivity contribution in [3.63, 3.8) is 0 Å². The van der Waals surface area contributed by atoms with E-state index in [2.05, 4.69) is 25.5 Å². The minimum Gasteiger partial charge on any atom is -0.354 e. The Morgan fingerprint density at radius 1 is 1.07 bits per heavy atom. The van der Waals surface area contributed by atoms with Crippen molar-refractivity contribution in [2.24, 2.45) is 0 Å². The van der Waals surface area contributed by atoms with Crippen molar-refractivity contribution in [1.29, 1.82) is 5.26 Å². The van der Waals surface area contributed by atoms with Crippen LogP contribution in [0.25, 0.3) is 22.2 Å². The number of hydrogen-bond donors (Lipinski definition) is 1. The molecule has 0 amide bonds. The minimum absolute atomic E-state index is 0.259. The van der Waals surface area contributed by atoms with Crippen molar-refractivity contribution < 1.29 is 4.39 Å². The second kappa shape index (κ2) is 6.94. The standard InChI is InChI=1S/C19H10ClFN6/c20-11-1-2-16(21)14(5-11)18-7-13(9-25-27-18)26-17-3-4-23-19-10-24-12(8-22)6-15(17)19/h1-7,9-10H,(H,23,26,27). The summed E-state index contributed by atoms with van der Waals surface area (Å²) in [4.78, 5) is 8.26. The highest BCUT2D eigenvalue weighted by atomic mass is 35.5. The van der Waals surface area contributed by atoms with Crippen LogP contribution in [0.15, 0.2) is 55.0 Å². The van der Waals surface area contributed by atoms with Gasteiger partial charge in [-0.15, -0.1) is 0 Å². The summed E-state index contributed by atoms with van der Waals surface area (Å²) in [6.45, 7) is 0. The normalized spacial score (nSPS) is 10.6. The van der Waals surface area contributed by atoms with Crippen LogP contribution in [-0.2, 0) is 0 Å². The molecule has 0 aliphatic heterocycles. The van der Waals surface area contributed by atoms with Gasteiger partial charge in [-0.25, -0.2) is 9.37 Å². The zero-order valence-corrected chi connectivity index (χ0v) is 14.4. The van der Waals surface area contributed by atoms with Crippen LogP contribution in [-0.4, -0.2) is 20.2 Å². The van der Waals surface area contributed by atoms with Gasteiger partial charge in [0.2, 0.25) is 0 Å². The zero-order valence-electron chi connectivity index (χ0n) is 13.7. The number of rotatable bonds is 3. The van der Waals surface area contributed by atoms with Gasteiger partial charge in [-0.3, -0.25) is 4.98 Å². The van der Waals surface area contributed by atoms with E-state index in [1.807, 2.05) is 6.07 Å². The molecule has 0 radical (unpaired) electrons. The first-order chi connectivity index (χ1) is 13.1. The zero-order chi connectivity index (χ0) is 18.8. The number of nitriles is 1. The van der Waals surface area contributed by atoms with Gasteiger partial charge in [0.25, 0.3) is 0 Å². The first-order valence-electron chi connectivity index (χ1n) is 7.84. The van der Waals surface area contributed by atoms with E-state index in [1.54, 1.807) is 24.4 Å². The van der Waals surface area contributed by atoms with E-state index >= 15 is 0 Å². The Balaban J connectivity index is 1.75. The van der Waals surface area contributed by atoms with E-state index in [0.717, 1.165) is 5.39 Å². The second-order valence-electron chi connectivity index (χ2n) is 5.64. The molecule has 4 aromatic rings. The summed E-state index contributed by atoms with van der Waals surface area (Å²) in [5, 5.41) is 21.3. The Morgan fingerprint density at radius 2 is 1.96 bits per heavy atom. The fraction of sp³-hybridized carbons (Fsp3) is 0. The van der Waals surface area contributed by atoms with E-state index in [-0.39, 0.29) is 11.3 Å². The molecule has 4 rings (SSSR count). The van der Waals surface area contributed by atoms with Crippen LogP contribution < -0.4 is 5.32 Å². The van der Waals surface area contributed by atoms with E-state index < -0.39 is 5.82 Å². The van der Waals surface area contributed by atoms with E-state index in [0.29, 0.717) is 27.6 Å². The molecular weight excluding hydrogens is 367 g/mol. The summed E-state index contributed by atoms with van der Waals surface area (Å²) in [5.41, 5.74) is 2.84. The molecule has 0 fully saturated rings. The summed E-state index contributed by atoms with van der Waals surface area (Å²) in [6.07, 6.45) is 4.69. The average molecular weight is 377 g/mol. The molecule has 0 atom stereocenters. The molecule has 27 heavy (non-hydrogen) atoms. The number of nitrogens with one attached hydrogen (secondary N) is 1. The molecule has 8 heteroatoms. The highest BCUT2D eigenvalue weighted by Crippen LogP contribution is 2.28. The summed E-state index contributed by atoms with van der Waals surface area (Å²) < 4.78 is 14.1. The first kappa shape index (κ1) is 16.8. The minimum atomic E-state index is -0.440. The third-order valence-corrected chi connectivity index (χ3v) is 4.12. The highest BCUT2D eigenvalue weighted by molar-refractivity contribution is 6.30. The lowest BCUT2D eigenvalue weighted by molar-refractivity contribution is 0.630. The smallest absolute Gasteiger partial charge is 0.141 e. The van der Waals surface area contributed by atoms with Crippen molar-refractivity contribution in [1.82, 2.24) is 20.2 Å². The maximum absolute atomic E-state index is 14.1. The van der Waals surface area contributed by atoms with Gasteiger partial charge in [-0.1, -0.05) is 11.6 Å². The Bertz CT molecular complexity index is 1200. The quantitative estimate of drug-likeness (QED) is 0.566. The lowest BCUT2D eigenvalue weighted by Gasteiger charge is -2.10. The number of aromatic nitrogens is 4. The molecule has 1 N–H and O–H groups in total. The number of fused-ring (bicyclic) bond motifs is 1. The topological polar surface area (TPSA) is 87.4 Å². The second-order valence-corrected chi connectivity index (χ2v) is 6.07. The molecule has 3 heterocycles. The molecule has 1 aromatic carbocycles. The van der Waals surface area contributed by atoms with E-state index in [1.165, 1.54) is 30.6 Å². The lowest BCUT2D eigenvalue weighted by atomic mass is 10.1. The number of hydrogen-bond acceptors (Lipinski definition) is 6. The fourth-order valence-electron chi connectivity index (χ4n) is 2.63. The third-order valence-electron chi connectivity index (χ3n) is 3.88. The predicted octanol–water partition coefficient (Wildman–Crippen LogP) is 4.49. The van der Waals surface area contributed by atoms with Crippen LogP contribution in [0.2, 0.25) is 5.02 Å². The Kier molecular flexibility index (Phi) is 4.32. The Hall–Kier alpha value is -3.63. The summed E-state index contributed by atoms with van der Waals surface area (Å²) >= 11 is 5.96. The average Bonchev–Trinajstić information content (AvgIpc) is 2.70. The lowest BCUT2D eigenvalue weighted by Crippen LogP contribution is -1.97. The van der Waals surface area contributed by atoms with Crippen LogP contribution in [0.1, 0.15) is 5.69 Å². The number of halogens is 2. The summed E-state index contributed by atoms with van der Waals surface area (Å²) in [7, 11) is 0. The molecule has 0 saturated heterocycles. The number of benzene rings is 1. The number of nitrogens with zero attached hydrogens (tertiary/aromatic N) is 5. The molecular formula is C19H10ClFN6. The third kappa shape index (κ3) is 3.38. The number of pyridine rings is 2. The van der Waals surface area contributed by atoms with Crippen LogP contribution >= 0.6 is 11.6 Å². The molecule has 0 aliphatic carbocycles. The molecule has 0 aliphatic rings. The van der Waals surface area contributed by atoms with Gasteiger partial charge in [0.05, 0.1) is 29.3 Å². The molecule has 0 spiro atoms.